The molecule has 0 saturated carbocycles. The second-order valence-electron chi connectivity index (χ2n) is 5.33. The van der Waals surface area contributed by atoms with Gasteiger partial charge >= 0.3 is 0 Å². The van der Waals surface area contributed by atoms with E-state index in [4.69, 9.17) is 16.3 Å². The van der Waals surface area contributed by atoms with Crippen LogP contribution in [0.5, 0.6) is 5.75 Å². The number of hydrogen-bond donors (Lipinski definition) is 1. The van der Waals surface area contributed by atoms with Gasteiger partial charge in [0.1, 0.15) is 11.6 Å². The lowest BCUT2D eigenvalue weighted by Crippen LogP contribution is -2.20. The minimum atomic E-state index is -0.538. The van der Waals surface area contributed by atoms with Crippen LogP contribution in [0, 0.1) is 5.82 Å². The lowest BCUT2D eigenvalue weighted by Gasteiger charge is -2.11. The molecule has 0 aliphatic rings. The molecule has 0 saturated heterocycles. The van der Waals surface area contributed by atoms with Crippen LogP contribution in [-0.4, -0.2) is 22.1 Å². The van der Waals surface area contributed by atoms with Crippen molar-refractivity contribution in [2.24, 2.45) is 7.05 Å². The Balaban J connectivity index is 1.64. The Morgan fingerprint density at radius 2 is 2.15 bits per heavy atom. The highest BCUT2D eigenvalue weighted by molar-refractivity contribution is 7.99. The first kappa shape index (κ1) is 18.3. The molecule has 0 aliphatic heterocycles. The number of para-hydroxylation sites is 1. The number of ether oxygens (including phenoxy) is 1. The summed E-state index contributed by atoms with van der Waals surface area (Å²) >= 11 is 7.14. The molecule has 0 bridgehead atoms. The molecule has 0 unspecified atom stereocenters. The van der Waals surface area contributed by atoms with Crippen molar-refractivity contribution in [2.75, 3.05) is 11.9 Å². The number of anilines is 1. The number of nitrogens with one attached hydrogen (secondary N) is 1. The second kappa shape index (κ2) is 8.25. The van der Waals surface area contributed by atoms with Crippen LogP contribution in [0.25, 0.3) is 0 Å². The molecule has 3 rings (SSSR count). The molecule has 3 aromatic rings. The molecule has 0 spiro atoms. The molecule has 8 heteroatoms. The fourth-order valence-corrected chi connectivity index (χ4v) is 3.17. The van der Waals surface area contributed by atoms with Crippen LogP contribution in [0.1, 0.15) is 0 Å². The molecular weight excluding hydrogens is 377 g/mol. The van der Waals surface area contributed by atoms with E-state index < -0.39 is 5.82 Å². The number of amides is 1. The molecule has 0 atom stereocenters. The van der Waals surface area contributed by atoms with E-state index in [2.05, 4.69) is 10.3 Å². The zero-order valence-electron chi connectivity index (χ0n) is 13.8. The number of rotatable bonds is 6. The van der Waals surface area contributed by atoms with Crippen molar-refractivity contribution in [2.45, 2.75) is 10.1 Å². The van der Waals surface area contributed by atoms with E-state index in [1.165, 1.54) is 30.0 Å². The highest BCUT2D eigenvalue weighted by Crippen LogP contribution is 2.32. The first-order chi connectivity index (χ1) is 12.5. The highest BCUT2D eigenvalue weighted by Gasteiger charge is 2.11. The topological polar surface area (TPSA) is 56.2 Å². The largest absolute Gasteiger partial charge is 0.484 e. The maximum absolute atomic E-state index is 13.1. The Morgan fingerprint density at radius 1 is 1.35 bits per heavy atom. The minimum absolute atomic E-state index is 0.0558. The average molecular weight is 392 g/mol. The van der Waals surface area contributed by atoms with Gasteiger partial charge in [-0.2, -0.15) is 0 Å². The van der Waals surface area contributed by atoms with Crippen molar-refractivity contribution in [1.29, 1.82) is 0 Å². The maximum atomic E-state index is 13.1. The predicted octanol–water partition coefficient (Wildman–Crippen LogP) is 4.38. The second-order valence-corrected chi connectivity index (χ2v) is 6.75. The van der Waals surface area contributed by atoms with Gasteiger partial charge in [-0.15, -0.1) is 0 Å². The highest BCUT2D eigenvalue weighted by atomic mass is 35.5. The van der Waals surface area contributed by atoms with E-state index in [-0.39, 0.29) is 17.5 Å². The van der Waals surface area contributed by atoms with E-state index in [0.717, 1.165) is 10.1 Å². The van der Waals surface area contributed by atoms with Crippen molar-refractivity contribution in [3.8, 4) is 5.75 Å². The standard InChI is InChI=1S/C18H15ClFN3O2S/c1-23-9-8-21-18(23)26-16-5-3-2-4-15(16)22-17(24)11-25-12-6-7-14(20)13(19)10-12/h2-10H,11H2,1H3,(H,22,24). The van der Waals surface area contributed by atoms with E-state index in [1.807, 2.05) is 36.0 Å². The molecule has 134 valence electrons. The van der Waals surface area contributed by atoms with Crippen LogP contribution in [0.15, 0.2) is 64.9 Å². The van der Waals surface area contributed by atoms with Crippen molar-refractivity contribution in [3.05, 3.63) is 65.7 Å². The molecule has 26 heavy (non-hydrogen) atoms. The lowest BCUT2D eigenvalue weighted by molar-refractivity contribution is -0.118. The van der Waals surface area contributed by atoms with E-state index in [9.17, 15) is 9.18 Å². The number of halogens is 2. The third-order valence-electron chi connectivity index (χ3n) is 3.40. The van der Waals surface area contributed by atoms with Crippen molar-refractivity contribution in [1.82, 2.24) is 9.55 Å². The third-order valence-corrected chi connectivity index (χ3v) is 4.84. The zero-order chi connectivity index (χ0) is 18.5. The summed E-state index contributed by atoms with van der Waals surface area (Å²) in [7, 11) is 1.90. The summed E-state index contributed by atoms with van der Waals surface area (Å²) < 4.78 is 20.4. The van der Waals surface area contributed by atoms with Gasteiger partial charge in [-0.3, -0.25) is 4.79 Å². The number of carbonyl (C=O) groups excluding carboxylic acids is 1. The fourth-order valence-electron chi connectivity index (χ4n) is 2.11. The van der Waals surface area contributed by atoms with Crippen LogP contribution in [-0.2, 0) is 11.8 Å². The summed E-state index contributed by atoms with van der Waals surface area (Å²) in [5, 5.41) is 3.56. The van der Waals surface area contributed by atoms with Gasteiger partial charge in [0.05, 0.1) is 10.7 Å². The number of carbonyl (C=O) groups is 1. The van der Waals surface area contributed by atoms with Gasteiger partial charge in [-0.1, -0.05) is 23.7 Å². The molecule has 1 N–H and O–H groups in total. The summed E-state index contributed by atoms with van der Waals surface area (Å²) in [4.78, 5) is 17.3. The minimum Gasteiger partial charge on any atom is -0.484 e. The number of hydrogen-bond acceptors (Lipinski definition) is 4. The number of benzene rings is 2. The van der Waals surface area contributed by atoms with Gasteiger partial charge in [0.2, 0.25) is 0 Å². The van der Waals surface area contributed by atoms with E-state index >= 15 is 0 Å². The van der Waals surface area contributed by atoms with Gasteiger partial charge in [-0.25, -0.2) is 9.37 Å². The number of nitrogens with zero attached hydrogens (tertiary/aromatic N) is 2. The Bertz CT molecular complexity index is 932. The summed E-state index contributed by atoms with van der Waals surface area (Å²) in [6, 6.07) is 11.4. The fraction of sp³-hybridized carbons (Fsp3) is 0.111. The summed E-state index contributed by atoms with van der Waals surface area (Å²) in [6.45, 7) is -0.219. The molecule has 2 aromatic carbocycles. The lowest BCUT2D eigenvalue weighted by atomic mass is 10.3. The van der Waals surface area contributed by atoms with Gasteiger partial charge in [0.15, 0.2) is 11.8 Å². The van der Waals surface area contributed by atoms with Crippen LogP contribution in [0.2, 0.25) is 5.02 Å². The van der Waals surface area contributed by atoms with E-state index in [1.54, 1.807) is 12.3 Å². The zero-order valence-corrected chi connectivity index (χ0v) is 15.4. The van der Waals surface area contributed by atoms with Crippen LogP contribution >= 0.6 is 23.4 Å². The molecular formula is C18H15ClFN3O2S. The van der Waals surface area contributed by atoms with Crippen molar-refractivity contribution >= 4 is 35.0 Å². The van der Waals surface area contributed by atoms with Gasteiger partial charge < -0.3 is 14.6 Å². The average Bonchev–Trinajstić information content (AvgIpc) is 3.02. The molecule has 0 aliphatic carbocycles. The first-order valence-corrected chi connectivity index (χ1v) is 8.84. The number of aromatic nitrogens is 2. The van der Waals surface area contributed by atoms with Crippen LogP contribution in [0.3, 0.4) is 0 Å². The van der Waals surface area contributed by atoms with Crippen LogP contribution < -0.4 is 10.1 Å². The van der Waals surface area contributed by atoms with Gasteiger partial charge in [-0.05, 0) is 36.0 Å². The molecule has 1 aromatic heterocycles. The summed E-state index contributed by atoms with van der Waals surface area (Å²) in [5.74, 6) is -0.552. The molecule has 1 heterocycles. The molecule has 1 amide bonds. The van der Waals surface area contributed by atoms with Crippen LogP contribution in [0.4, 0.5) is 10.1 Å². The Kier molecular flexibility index (Phi) is 5.80. The summed E-state index contributed by atoms with van der Waals surface area (Å²) in [5.41, 5.74) is 0.659. The molecule has 0 fully saturated rings. The maximum Gasteiger partial charge on any atom is 0.262 e. The van der Waals surface area contributed by atoms with Gasteiger partial charge in [0.25, 0.3) is 5.91 Å². The molecule has 0 radical (unpaired) electrons. The van der Waals surface area contributed by atoms with Gasteiger partial charge in [0, 0.05) is 30.4 Å². The normalized spacial score (nSPS) is 10.6. The summed E-state index contributed by atoms with van der Waals surface area (Å²) in [6.07, 6.45) is 3.57. The SMILES string of the molecule is Cn1ccnc1Sc1ccccc1NC(=O)COc1ccc(F)c(Cl)c1. The quantitative estimate of drug-likeness (QED) is 0.677. The molecule has 5 nitrogen and oxygen atoms in total. The number of imidazole rings is 1. The first-order valence-electron chi connectivity index (χ1n) is 7.65. The predicted molar refractivity (Wildman–Crippen MR) is 99.3 cm³/mol. The van der Waals surface area contributed by atoms with Crippen molar-refractivity contribution in [3.63, 3.8) is 0 Å². The Labute approximate surface area is 159 Å². The van der Waals surface area contributed by atoms with E-state index in [0.29, 0.717) is 11.4 Å². The Hall–Kier alpha value is -2.51. The van der Waals surface area contributed by atoms with Crippen molar-refractivity contribution < 1.29 is 13.9 Å². The Morgan fingerprint density at radius 3 is 2.88 bits per heavy atom. The number of aryl methyl sites for hydroxylation is 1. The smallest absolute Gasteiger partial charge is 0.262 e. The monoisotopic (exact) mass is 391 g/mol. The third kappa shape index (κ3) is 4.56.